The van der Waals surface area contributed by atoms with Crippen molar-refractivity contribution in [1.82, 2.24) is 0 Å². The maximum Gasteiger partial charge on any atom is 0.330 e. The number of carbonyl (C=O) groups is 2. The van der Waals surface area contributed by atoms with Crippen molar-refractivity contribution in [3.63, 3.8) is 0 Å². The topological polar surface area (TPSA) is 52.6 Å². The van der Waals surface area contributed by atoms with Gasteiger partial charge < -0.3 is 9.47 Å². The fraction of sp³-hybridized carbons (Fsp3) is 0.625. The smallest absolute Gasteiger partial charge is 0.330 e. The van der Waals surface area contributed by atoms with Gasteiger partial charge in [-0.15, -0.1) is 0 Å². The highest BCUT2D eigenvalue weighted by Crippen LogP contribution is 2.09. The van der Waals surface area contributed by atoms with Gasteiger partial charge in [-0.05, 0) is 52.4 Å². The van der Waals surface area contributed by atoms with E-state index in [0.717, 1.165) is 38.5 Å². The van der Waals surface area contributed by atoms with Crippen LogP contribution in [0.25, 0.3) is 0 Å². The lowest BCUT2D eigenvalue weighted by molar-refractivity contribution is -0.143. The number of ether oxygens (including phenoxy) is 2. The second-order valence-corrected chi connectivity index (χ2v) is 5.16. The van der Waals surface area contributed by atoms with Gasteiger partial charge in [-0.1, -0.05) is 12.2 Å². The van der Waals surface area contributed by atoms with E-state index in [2.05, 4.69) is 0 Å². The number of allylic oxidation sites excluding steroid dienone is 2. The molecule has 0 aromatic heterocycles. The van der Waals surface area contributed by atoms with Crippen LogP contribution in [-0.4, -0.2) is 24.1 Å². The predicted octanol–water partition coefficient (Wildman–Crippen LogP) is 3.32. The van der Waals surface area contributed by atoms with E-state index >= 15 is 0 Å². The van der Waals surface area contributed by atoms with E-state index in [1.165, 1.54) is 12.2 Å². The summed E-state index contributed by atoms with van der Waals surface area (Å²) in [5, 5.41) is 0. The normalized spacial score (nSPS) is 30.1. The lowest BCUT2D eigenvalue weighted by Gasteiger charge is -2.12. The van der Waals surface area contributed by atoms with Crippen LogP contribution in [0.15, 0.2) is 24.3 Å². The monoisotopic (exact) mass is 280 g/mol. The Morgan fingerprint density at radius 2 is 1.25 bits per heavy atom. The van der Waals surface area contributed by atoms with Gasteiger partial charge in [0.15, 0.2) is 0 Å². The molecule has 0 aliphatic carbocycles. The van der Waals surface area contributed by atoms with Gasteiger partial charge in [0.2, 0.25) is 0 Å². The zero-order valence-electron chi connectivity index (χ0n) is 12.3. The molecule has 0 saturated heterocycles. The van der Waals surface area contributed by atoms with Crippen molar-refractivity contribution in [1.29, 1.82) is 0 Å². The second-order valence-electron chi connectivity index (χ2n) is 5.16. The summed E-state index contributed by atoms with van der Waals surface area (Å²) in [6, 6.07) is 0. The fourth-order valence-corrected chi connectivity index (χ4v) is 2.00. The minimum absolute atomic E-state index is 0.0968. The van der Waals surface area contributed by atoms with Crippen LogP contribution in [0.4, 0.5) is 0 Å². The van der Waals surface area contributed by atoms with Gasteiger partial charge in [-0.2, -0.15) is 0 Å². The first-order chi connectivity index (χ1) is 9.58. The average molecular weight is 280 g/mol. The highest BCUT2D eigenvalue weighted by molar-refractivity contribution is 5.82. The molecule has 4 nitrogen and oxygen atoms in total. The zero-order chi connectivity index (χ0) is 14.8. The molecule has 1 aliphatic heterocycles. The third-order valence-electron chi connectivity index (χ3n) is 3.11. The Labute approximate surface area is 120 Å². The molecule has 0 spiro atoms. The van der Waals surface area contributed by atoms with Gasteiger partial charge in [0.05, 0.1) is 12.2 Å². The first-order valence-corrected chi connectivity index (χ1v) is 7.32. The van der Waals surface area contributed by atoms with Crippen molar-refractivity contribution in [2.24, 2.45) is 0 Å². The third-order valence-corrected chi connectivity index (χ3v) is 3.11. The van der Waals surface area contributed by atoms with Crippen LogP contribution in [-0.2, 0) is 19.1 Å². The zero-order valence-corrected chi connectivity index (χ0v) is 12.3. The fourth-order valence-electron chi connectivity index (χ4n) is 2.00. The van der Waals surface area contributed by atoms with Gasteiger partial charge in [0, 0.05) is 12.2 Å². The Morgan fingerprint density at radius 3 is 1.65 bits per heavy atom. The minimum Gasteiger partial charge on any atom is -0.460 e. The summed E-state index contributed by atoms with van der Waals surface area (Å²) < 4.78 is 10.5. The summed E-state index contributed by atoms with van der Waals surface area (Å²) in [7, 11) is 0. The molecule has 20 heavy (non-hydrogen) atoms. The van der Waals surface area contributed by atoms with E-state index in [0.29, 0.717) is 0 Å². The summed E-state index contributed by atoms with van der Waals surface area (Å²) in [6.07, 6.45) is 11.3. The number of hydrogen-bond donors (Lipinski definition) is 0. The summed E-state index contributed by atoms with van der Waals surface area (Å²) in [4.78, 5) is 23.0. The number of carbonyl (C=O) groups excluding carboxylic acids is 2. The quantitative estimate of drug-likeness (QED) is 0.639. The van der Waals surface area contributed by atoms with Crippen LogP contribution in [0.5, 0.6) is 0 Å². The second kappa shape index (κ2) is 9.34. The van der Waals surface area contributed by atoms with E-state index in [-0.39, 0.29) is 24.1 Å². The molecule has 0 N–H and O–H groups in total. The number of esters is 2. The molecule has 0 aromatic carbocycles. The lowest BCUT2D eigenvalue weighted by atomic mass is 10.1. The molecule has 0 radical (unpaired) electrons. The first-order valence-electron chi connectivity index (χ1n) is 7.32. The van der Waals surface area contributed by atoms with E-state index in [1.807, 2.05) is 26.0 Å². The summed E-state index contributed by atoms with van der Waals surface area (Å²) in [6.45, 7) is 3.77. The van der Waals surface area contributed by atoms with Crippen LogP contribution in [0.1, 0.15) is 52.4 Å². The Bertz CT molecular complexity index is 335. The highest BCUT2D eigenvalue weighted by Gasteiger charge is 2.08. The van der Waals surface area contributed by atoms with E-state index in [9.17, 15) is 9.59 Å². The molecule has 0 bridgehead atoms. The van der Waals surface area contributed by atoms with Gasteiger partial charge in [0.1, 0.15) is 0 Å². The third kappa shape index (κ3) is 7.77. The van der Waals surface area contributed by atoms with Crippen molar-refractivity contribution >= 4 is 11.9 Å². The molecule has 2 atom stereocenters. The molecular weight excluding hydrogens is 256 g/mol. The molecule has 0 saturated carbocycles. The number of rotatable bonds is 0. The van der Waals surface area contributed by atoms with Crippen molar-refractivity contribution in [3.05, 3.63) is 24.3 Å². The van der Waals surface area contributed by atoms with E-state index in [1.54, 1.807) is 0 Å². The highest BCUT2D eigenvalue weighted by atomic mass is 16.5. The van der Waals surface area contributed by atoms with Gasteiger partial charge in [-0.3, -0.25) is 0 Å². The molecule has 1 rings (SSSR count). The summed E-state index contributed by atoms with van der Waals surface area (Å²) in [5.41, 5.74) is 0. The maximum atomic E-state index is 11.5. The first kappa shape index (κ1) is 16.5. The van der Waals surface area contributed by atoms with Crippen LogP contribution in [0.2, 0.25) is 0 Å². The molecule has 1 heterocycles. The molecule has 0 amide bonds. The van der Waals surface area contributed by atoms with Crippen LogP contribution in [0.3, 0.4) is 0 Å². The van der Waals surface area contributed by atoms with E-state index < -0.39 is 0 Å². The minimum atomic E-state index is -0.278. The molecule has 0 fully saturated rings. The largest absolute Gasteiger partial charge is 0.460 e. The van der Waals surface area contributed by atoms with E-state index in [4.69, 9.17) is 9.47 Å². The lowest BCUT2D eigenvalue weighted by Crippen LogP contribution is -2.14. The number of hydrogen-bond acceptors (Lipinski definition) is 4. The Morgan fingerprint density at radius 1 is 0.850 bits per heavy atom. The Balaban J connectivity index is 2.53. The SMILES string of the molecule is C[C@@H]1CCC/C=C/C(=O)O[C@H](C)CCC/C=C/C(=O)O1. The molecule has 0 unspecified atom stereocenters. The van der Waals surface area contributed by atoms with Gasteiger partial charge in [0.25, 0.3) is 0 Å². The molecule has 1 aliphatic rings. The van der Waals surface area contributed by atoms with Crippen LogP contribution < -0.4 is 0 Å². The molecule has 0 aromatic rings. The average Bonchev–Trinajstić information content (AvgIpc) is 2.36. The van der Waals surface area contributed by atoms with Crippen molar-refractivity contribution < 1.29 is 19.1 Å². The molecule has 112 valence electrons. The molecule has 4 heteroatoms. The van der Waals surface area contributed by atoms with Gasteiger partial charge in [-0.25, -0.2) is 9.59 Å². The Hall–Kier alpha value is -1.58. The van der Waals surface area contributed by atoms with Gasteiger partial charge >= 0.3 is 11.9 Å². The van der Waals surface area contributed by atoms with Crippen LogP contribution in [0, 0.1) is 0 Å². The molecular formula is C16H24O4. The number of cyclic esters (lactones) is 2. The maximum absolute atomic E-state index is 11.5. The summed E-state index contributed by atoms with van der Waals surface area (Å²) in [5.74, 6) is -0.556. The Kier molecular flexibility index (Phi) is 7.70. The summed E-state index contributed by atoms with van der Waals surface area (Å²) >= 11 is 0. The van der Waals surface area contributed by atoms with Crippen LogP contribution >= 0.6 is 0 Å². The van der Waals surface area contributed by atoms with Crippen molar-refractivity contribution in [2.45, 2.75) is 64.6 Å². The standard InChI is InChI=1S/C16H24O4/c1-13-9-5-3-7-12-16(18)20-14(2)10-6-4-8-11-15(17)19-13/h7-8,11-14H,3-6,9-10H2,1-2H3/b11-8+,12-7+/t13-,14-/m1/s1. The predicted molar refractivity (Wildman–Crippen MR) is 77.1 cm³/mol. The van der Waals surface area contributed by atoms with Crippen molar-refractivity contribution in [3.8, 4) is 0 Å². The van der Waals surface area contributed by atoms with Crippen molar-refractivity contribution in [2.75, 3.05) is 0 Å².